The molecule has 1 saturated heterocycles. The molecule has 1 aliphatic heterocycles. The van der Waals surface area contributed by atoms with E-state index in [0.717, 1.165) is 57.2 Å². The van der Waals surface area contributed by atoms with Crippen molar-refractivity contribution in [3.8, 4) is 11.4 Å². The number of aromatic amines is 1. The van der Waals surface area contributed by atoms with Gasteiger partial charge in [-0.15, -0.1) is 0 Å². The predicted molar refractivity (Wildman–Crippen MR) is 95.9 cm³/mol. The molecule has 0 aliphatic carbocycles. The monoisotopic (exact) mass is 331 g/mol. The number of likely N-dealkylation sites (N-methyl/N-ethyl adjacent to an activating group) is 1. The lowest BCUT2D eigenvalue weighted by atomic mass is 10.1. The highest BCUT2D eigenvalue weighted by Gasteiger charge is 2.16. The number of benzene rings is 1. The molecular formula is C17H25N5S. The summed E-state index contributed by atoms with van der Waals surface area (Å²) in [6.07, 6.45) is 1.05. The first-order valence-corrected chi connectivity index (χ1v) is 8.81. The zero-order valence-electron chi connectivity index (χ0n) is 14.0. The third kappa shape index (κ3) is 3.88. The molecule has 0 unspecified atom stereocenters. The van der Waals surface area contributed by atoms with Gasteiger partial charge >= 0.3 is 0 Å². The van der Waals surface area contributed by atoms with E-state index >= 15 is 0 Å². The van der Waals surface area contributed by atoms with Gasteiger partial charge in [0.25, 0.3) is 0 Å². The molecule has 1 aliphatic rings. The molecule has 0 radical (unpaired) electrons. The lowest BCUT2D eigenvalue weighted by Gasteiger charge is -2.33. The summed E-state index contributed by atoms with van der Waals surface area (Å²) in [5.74, 6) is 0.852. The van der Waals surface area contributed by atoms with Crippen molar-refractivity contribution in [2.45, 2.75) is 26.9 Å². The fourth-order valence-electron chi connectivity index (χ4n) is 2.93. The number of aryl methyl sites for hydroxylation is 1. The summed E-state index contributed by atoms with van der Waals surface area (Å²) in [6.45, 7) is 10.7. The Morgan fingerprint density at radius 1 is 1.04 bits per heavy atom. The van der Waals surface area contributed by atoms with Crippen molar-refractivity contribution in [3.63, 3.8) is 0 Å². The van der Waals surface area contributed by atoms with E-state index in [9.17, 15) is 0 Å². The maximum atomic E-state index is 5.42. The molecule has 0 saturated carbocycles. The second-order valence-corrected chi connectivity index (χ2v) is 6.39. The van der Waals surface area contributed by atoms with Gasteiger partial charge in [-0.25, -0.2) is 4.68 Å². The molecule has 1 N–H and O–H groups in total. The Hall–Kier alpha value is -1.50. The summed E-state index contributed by atoms with van der Waals surface area (Å²) in [5, 5.41) is 3.35. The highest BCUT2D eigenvalue weighted by atomic mass is 32.1. The summed E-state index contributed by atoms with van der Waals surface area (Å²) in [5.41, 5.74) is 2.42. The molecule has 0 atom stereocenters. The third-order valence-corrected chi connectivity index (χ3v) is 4.88. The summed E-state index contributed by atoms with van der Waals surface area (Å²) in [6, 6.07) is 8.51. The summed E-state index contributed by atoms with van der Waals surface area (Å²) in [7, 11) is 0. The summed E-state index contributed by atoms with van der Waals surface area (Å²) >= 11 is 5.42. The van der Waals surface area contributed by atoms with Gasteiger partial charge in [0.15, 0.2) is 5.82 Å². The molecule has 0 spiro atoms. The normalized spacial score (nSPS) is 16.8. The zero-order valence-corrected chi connectivity index (χ0v) is 14.8. The molecule has 23 heavy (non-hydrogen) atoms. The Kier molecular flexibility index (Phi) is 5.25. The molecule has 1 aromatic carbocycles. The molecule has 1 aromatic heterocycles. The van der Waals surface area contributed by atoms with Crippen molar-refractivity contribution in [2.75, 3.05) is 32.7 Å². The highest BCUT2D eigenvalue weighted by molar-refractivity contribution is 7.71. The van der Waals surface area contributed by atoms with Crippen LogP contribution in [0.5, 0.6) is 0 Å². The molecule has 5 nitrogen and oxygen atoms in total. The van der Waals surface area contributed by atoms with Gasteiger partial charge < -0.3 is 4.90 Å². The summed E-state index contributed by atoms with van der Waals surface area (Å²) in [4.78, 5) is 9.41. The van der Waals surface area contributed by atoms with Gasteiger partial charge in [-0.3, -0.25) is 10.00 Å². The van der Waals surface area contributed by atoms with Crippen LogP contribution < -0.4 is 0 Å². The van der Waals surface area contributed by atoms with Crippen LogP contribution in [0.3, 0.4) is 0 Å². The van der Waals surface area contributed by atoms with Gasteiger partial charge in [-0.05, 0) is 30.7 Å². The van der Waals surface area contributed by atoms with E-state index in [4.69, 9.17) is 12.2 Å². The lowest BCUT2D eigenvalue weighted by Crippen LogP contribution is -2.46. The summed E-state index contributed by atoms with van der Waals surface area (Å²) < 4.78 is 2.59. The van der Waals surface area contributed by atoms with Gasteiger partial charge in [0.2, 0.25) is 4.77 Å². The van der Waals surface area contributed by atoms with Crippen LogP contribution in [-0.2, 0) is 13.1 Å². The topological polar surface area (TPSA) is 40.1 Å². The van der Waals surface area contributed by atoms with E-state index in [0.29, 0.717) is 4.77 Å². The third-order valence-electron chi connectivity index (χ3n) is 4.57. The van der Waals surface area contributed by atoms with Crippen molar-refractivity contribution in [2.24, 2.45) is 0 Å². The maximum absolute atomic E-state index is 5.42. The predicted octanol–water partition coefficient (Wildman–Crippen LogP) is 2.77. The number of H-pyrrole nitrogens is 1. The molecule has 2 heterocycles. The molecule has 0 bridgehead atoms. The molecule has 2 aromatic rings. The average molecular weight is 331 g/mol. The van der Waals surface area contributed by atoms with E-state index < -0.39 is 0 Å². The van der Waals surface area contributed by atoms with Gasteiger partial charge in [-0.1, -0.05) is 38.1 Å². The molecule has 0 amide bonds. The first kappa shape index (κ1) is 16.4. The number of nitrogens with zero attached hydrogens (tertiary/aromatic N) is 4. The standard InChI is InChI=1S/C17H25N5S/c1-3-14-5-7-15(8-6-14)16-18-17(23)22(19-16)13-21-11-9-20(4-2)10-12-21/h5-8H,3-4,9-13H2,1-2H3,(H,18,19,23). The van der Waals surface area contributed by atoms with Crippen LogP contribution in [0.1, 0.15) is 19.4 Å². The van der Waals surface area contributed by atoms with Crippen molar-refractivity contribution in [1.29, 1.82) is 0 Å². The quantitative estimate of drug-likeness (QED) is 0.855. The number of hydrogen-bond donors (Lipinski definition) is 1. The van der Waals surface area contributed by atoms with E-state index in [2.05, 4.69) is 58.0 Å². The number of nitrogens with one attached hydrogen (secondary N) is 1. The van der Waals surface area contributed by atoms with E-state index in [-0.39, 0.29) is 0 Å². The van der Waals surface area contributed by atoms with E-state index in [1.54, 1.807) is 0 Å². The number of hydrogen-bond acceptors (Lipinski definition) is 4. The minimum atomic E-state index is 0.623. The molecule has 124 valence electrons. The van der Waals surface area contributed by atoms with Crippen LogP contribution in [0.25, 0.3) is 11.4 Å². The Labute approximate surface area is 142 Å². The van der Waals surface area contributed by atoms with Crippen LogP contribution >= 0.6 is 12.2 Å². The van der Waals surface area contributed by atoms with Gasteiger partial charge in [0.1, 0.15) is 0 Å². The van der Waals surface area contributed by atoms with Crippen LogP contribution in [0.2, 0.25) is 0 Å². The van der Waals surface area contributed by atoms with Crippen molar-refractivity contribution in [3.05, 3.63) is 34.6 Å². The van der Waals surface area contributed by atoms with Crippen molar-refractivity contribution < 1.29 is 0 Å². The molecular weight excluding hydrogens is 306 g/mol. The van der Waals surface area contributed by atoms with Crippen LogP contribution in [0.15, 0.2) is 24.3 Å². The number of rotatable bonds is 5. The maximum Gasteiger partial charge on any atom is 0.217 e. The molecule has 6 heteroatoms. The van der Waals surface area contributed by atoms with Crippen molar-refractivity contribution in [1.82, 2.24) is 24.6 Å². The first-order chi connectivity index (χ1) is 11.2. The highest BCUT2D eigenvalue weighted by Crippen LogP contribution is 2.16. The van der Waals surface area contributed by atoms with Crippen LogP contribution in [0.4, 0.5) is 0 Å². The van der Waals surface area contributed by atoms with Gasteiger partial charge in [0, 0.05) is 31.7 Å². The van der Waals surface area contributed by atoms with Crippen LogP contribution in [-0.4, -0.2) is 57.3 Å². The van der Waals surface area contributed by atoms with Crippen molar-refractivity contribution >= 4 is 12.2 Å². The molecule has 1 fully saturated rings. The fourth-order valence-corrected chi connectivity index (χ4v) is 3.12. The number of aromatic nitrogens is 3. The van der Waals surface area contributed by atoms with Gasteiger partial charge in [-0.2, -0.15) is 4.98 Å². The van der Waals surface area contributed by atoms with E-state index in [1.807, 2.05) is 4.68 Å². The van der Waals surface area contributed by atoms with E-state index in [1.165, 1.54) is 5.56 Å². The zero-order chi connectivity index (χ0) is 16.2. The molecule has 3 rings (SSSR count). The average Bonchev–Trinajstić information content (AvgIpc) is 2.96. The van der Waals surface area contributed by atoms with Gasteiger partial charge in [0.05, 0.1) is 6.67 Å². The number of piperazine rings is 1. The SMILES string of the molecule is CCc1ccc(-c2nc(=S)n(CN3CCN(CC)CC3)[nH]2)cc1. The van der Waals surface area contributed by atoms with Crippen LogP contribution in [0, 0.1) is 4.77 Å². The smallest absolute Gasteiger partial charge is 0.217 e. The minimum Gasteiger partial charge on any atom is -0.301 e. The minimum absolute atomic E-state index is 0.623. The second kappa shape index (κ2) is 7.38. The Bertz CT molecular complexity index is 680. The first-order valence-electron chi connectivity index (χ1n) is 8.40. The second-order valence-electron chi connectivity index (χ2n) is 6.03. The lowest BCUT2D eigenvalue weighted by molar-refractivity contribution is 0.106. The Balaban J connectivity index is 1.69. The largest absolute Gasteiger partial charge is 0.301 e. The fraction of sp³-hybridized carbons (Fsp3) is 0.529. The Morgan fingerprint density at radius 2 is 1.70 bits per heavy atom. The Morgan fingerprint density at radius 3 is 2.30 bits per heavy atom.